The second-order valence-corrected chi connectivity index (χ2v) is 4.55. The van der Waals surface area contributed by atoms with E-state index in [4.69, 9.17) is 9.52 Å². The lowest BCUT2D eigenvalue weighted by Gasteiger charge is -2.04. The number of oxazole rings is 1. The van der Waals surface area contributed by atoms with Gasteiger partial charge in [-0.05, 0) is 36.8 Å². The first kappa shape index (κ1) is 12.3. The van der Waals surface area contributed by atoms with Gasteiger partial charge in [-0.15, -0.1) is 0 Å². The SMILES string of the molecule is CC(C(=O)O)c1ccc2nc(-c3cccnc3)oc2c1. The molecule has 0 spiro atoms. The van der Waals surface area contributed by atoms with Crippen LogP contribution in [-0.2, 0) is 4.79 Å². The van der Waals surface area contributed by atoms with Gasteiger partial charge in [0.25, 0.3) is 0 Å². The van der Waals surface area contributed by atoms with Crippen LogP contribution < -0.4 is 0 Å². The fourth-order valence-electron chi connectivity index (χ4n) is 1.97. The first-order chi connectivity index (χ1) is 9.65. The highest BCUT2D eigenvalue weighted by Gasteiger charge is 2.16. The van der Waals surface area contributed by atoms with Crippen LogP contribution in [-0.4, -0.2) is 21.0 Å². The van der Waals surface area contributed by atoms with Crippen molar-refractivity contribution in [2.45, 2.75) is 12.8 Å². The van der Waals surface area contributed by atoms with Crippen LogP contribution in [0.1, 0.15) is 18.4 Å². The number of carboxylic acids is 1. The number of rotatable bonds is 3. The lowest BCUT2D eigenvalue weighted by molar-refractivity contribution is -0.138. The molecule has 1 aromatic carbocycles. The molecule has 3 aromatic rings. The zero-order valence-electron chi connectivity index (χ0n) is 10.8. The second-order valence-electron chi connectivity index (χ2n) is 4.55. The van der Waals surface area contributed by atoms with E-state index in [0.717, 1.165) is 5.56 Å². The van der Waals surface area contributed by atoms with Gasteiger partial charge >= 0.3 is 5.97 Å². The van der Waals surface area contributed by atoms with E-state index in [-0.39, 0.29) is 0 Å². The van der Waals surface area contributed by atoms with Crippen molar-refractivity contribution in [3.63, 3.8) is 0 Å². The van der Waals surface area contributed by atoms with Gasteiger partial charge in [0.1, 0.15) is 5.52 Å². The maximum Gasteiger partial charge on any atom is 0.310 e. The predicted molar refractivity (Wildman–Crippen MR) is 73.3 cm³/mol. The largest absolute Gasteiger partial charge is 0.481 e. The second kappa shape index (κ2) is 4.77. The first-order valence-corrected chi connectivity index (χ1v) is 6.19. The maximum atomic E-state index is 11.0. The molecule has 0 radical (unpaired) electrons. The number of carbonyl (C=O) groups is 1. The molecule has 2 heterocycles. The van der Waals surface area contributed by atoms with Crippen LogP contribution in [0.5, 0.6) is 0 Å². The molecular weight excluding hydrogens is 256 g/mol. The monoisotopic (exact) mass is 268 g/mol. The van der Waals surface area contributed by atoms with Crippen molar-refractivity contribution < 1.29 is 14.3 Å². The van der Waals surface area contributed by atoms with Crippen LogP contribution in [0.15, 0.2) is 47.1 Å². The van der Waals surface area contributed by atoms with Crippen molar-refractivity contribution >= 4 is 17.1 Å². The van der Waals surface area contributed by atoms with Gasteiger partial charge in [-0.2, -0.15) is 0 Å². The van der Waals surface area contributed by atoms with Crippen molar-refractivity contribution in [1.29, 1.82) is 0 Å². The molecule has 5 nitrogen and oxygen atoms in total. The lowest BCUT2D eigenvalue weighted by atomic mass is 10.0. The van der Waals surface area contributed by atoms with Crippen LogP contribution in [0.2, 0.25) is 0 Å². The van der Waals surface area contributed by atoms with Crippen LogP contribution in [0.25, 0.3) is 22.6 Å². The molecule has 0 saturated carbocycles. The molecule has 0 aliphatic rings. The van der Waals surface area contributed by atoms with E-state index >= 15 is 0 Å². The Bertz CT molecular complexity index is 765. The quantitative estimate of drug-likeness (QED) is 0.790. The van der Waals surface area contributed by atoms with E-state index in [0.29, 0.717) is 22.6 Å². The number of hydrogen-bond donors (Lipinski definition) is 1. The zero-order valence-corrected chi connectivity index (χ0v) is 10.8. The highest BCUT2D eigenvalue weighted by Crippen LogP contribution is 2.26. The molecule has 1 unspecified atom stereocenters. The van der Waals surface area contributed by atoms with Crippen molar-refractivity contribution in [2.75, 3.05) is 0 Å². The molecule has 0 amide bonds. The number of fused-ring (bicyclic) bond motifs is 1. The van der Waals surface area contributed by atoms with Gasteiger partial charge < -0.3 is 9.52 Å². The number of nitrogens with zero attached hydrogens (tertiary/aromatic N) is 2. The minimum Gasteiger partial charge on any atom is -0.481 e. The topological polar surface area (TPSA) is 76.2 Å². The molecule has 3 rings (SSSR count). The average Bonchev–Trinajstić information content (AvgIpc) is 2.90. The minimum absolute atomic E-state index is 0.480. The summed E-state index contributed by atoms with van der Waals surface area (Å²) in [4.78, 5) is 19.4. The smallest absolute Gasteiger partial charge is 0.310 e. The summed E-state index contributed by atoms with van der Waals surface area (Å²) in [6, 6.07) is 8.92. The Morgan fingerprint density at radius 2 is 2.20 bits per heavy atom. The van der Waals surface area contributed by atoms with Gasteiger partial charge in [0.2, 0.25) is 5.89 Å². The molecular formula is C15H12N2O3. The standard InChI is InChI=1S/C15H12N2O3/c1-9(15(18)19)10-4-5-12-13(7-10)20-14(17-12)11-3-2-6-16-8-11/h2-9H,1H3,(H,18,19). The molecule has 1 N–H and O–H groups in total. The lowest BCUT2D eigenvalue weighted by Crippen LogP contribution is -2.06. The normalized spacial score (nSPS) is 12.4. The van der Waals surface area contributed by atoms with Crippen LogP contribution in [0.4, 0.5) is 0 Å². The summed E-state index contributed by atoms with van der Waals surface area (Å²) in [5, 5.41) is 9.04. The third-order valence-electron chi connectivity index (χ3n) is 3.19. The molecule has 0 bridgehead atoms. The Kier molecular flexibility index (Phi) is 2.95. The summed E-state index contributed by atoms with van der Waals surface area (Å²) >= 11 is 0. The fourth-order valence-corrected chi connectivity index (χ4v) is 1.97. The first-order valence-electron chi connectivity index (χ1n) is 6.19. The Labute approximate surface area is 114 Å². The van der Waals surface area contributed by atoms with Crippen molar-refractivity contribution in [1.82, 2.24) is 9.97 Å². The highest BCUT2D eigenvalue weighted by molar-refractivity contribution is 5.81. The summed E-state index contributed by atoms with van der Waals surface area (Å²) in [5.41, 5.74) is 2.76. The van der Waals surface area contributed by atoms with Gasteiger partial charge in [-0.25, -0.2) is 4.98 Å². The fraction of sp³-hybridized carbons (Fsp3) is 0.133. The van der Waals surface area contributed by atoms with Crippen molar-refractivity contribution in [2.24, 2.45) is 0 Å². The third-order valence-corrected chi connectivity index (χ3v) is 3.19. The third kappa shape index (κ3) is 2.14. The Balaban J connectivity index is 2.06. The van der Waals surface area contributed by atoms with Crippen LogP contribution in [0.3, 0.4) is 0 Å². The van der Waals surface area contributed by atoms with E-state index in [1.807, 2.05) is 12.1 Å². The molecule has 100 valence electrons. The van der Waals surface area contributed by atoms with Crippen molar-refractivity contribution in [3.05, 3.63) is 48.3 Å². The van der Waals surface area contributed by atoms with E-state index in [1.54, 1.807) is 37.5 Å². The summed E-state index contributed by atoms with van der Waals surface area (Å²) in [7, 11) is 0. The zero-order chi connectivity index (χ0) is 14.1. The Hall–Kier alpha value is -2.69. The van der Waals surface area contributed by atoms with Gasteiger partial charge in [-0.1, -0.05) is 6.07 Å². The molecule has 0 fully saturated rings. The maximum absolute atomic E-state index is 11.0. The molecule has 0 saturated heterocycles. The van der Waals surface area contributed by atoms with Gasteiger partial charge in [-0.3, -0.25) is 9.78 Å². The molecule has 5 heteroatoms. The van der Waals surface area contributed by atoms with E-state index < -0.39 is 11.9 Å². The molecule has 0 aliphatic carbocycles. The molecule has 0 aliphatic heterocycles. The predicted octanol–water partition coefficient (Wildman–Crippen LogP) is 3.08. The molecule has 1 atom stereocenters. The highest BCUT2D eigenvalue weighted by atomic mass is 16.4. The Morgan fingerprint density at radius 3 is 2.90 bits per heavy atom. The van der Waals surface area contributed by atoms with Crippen LogP contribution >= 0.6 is 0 Å². The number of benzene rings is 1. The number of aromatic nitrogens is 2. The molecule has 2 aromatic heterocycles. The Morgan fingerprint density at radius 1 is 1.35 bits per heavy atom. The van der Waals surface area contributed by atoms with Crippen molar-refractivity contribution in [3.8, 4) is 11.5 Å². The number of hydrogen-bond acceptors (Lipinski definition) is 4. The summed E-state index contributed by atoms with van der Waals surface area (Å²) in [6.07, 6.45) is 3.35. The van der Waals surface area contributed by atoms with Gasteiger partial charge in [0.15, 0.2) is 5.58 Å². The minimum atomic E-state index is -0.864. The van der Waals surface area contributed by atoms with E-state index in [9.17, 15) is 4.79 Å². The number of carboxylic acid groups (broad SMARTS) is 1. The van der Waals surface area contributed by atoms with E-state index in [2.05, 4.69) is 9.97 Å². The van der Waals surface area contributed by atoms with E-state index in [1.165, 1.54) is 0 Å². The van der Waals surface area contributed by atoms with Crippen LogP contribution in [0, 0.1) is 0 Å². The van der Waals surface area contributed by atoms with Gasteiger partial charge in [0, 0.05) is 12.4 Å². The molecule has 20 heavy (non-hydrogen) atoms. The van der Waals surface area contributed by atoms with Gasteiger partial charge in [0.05, 0.1) is 11.5 Å². The number of pyridine rings is 1. The average molecular weight is 268 g/mol. The summed E-state index contributed by atoms with van der Waals surface area (Å²) in [6.45, 7) is 1.64. The number of aliphatic carboxylic acids is 1. The summed E-state index contributed by atoms with van der Waals surface area (Å²) < 4.78 is 5.68. The summed E-state index contributed by atoms with van der Waals surface area (Å²) in [5.74, 6) is -0.962.